The van der Waals surface area contributed by atoms with Crippen molar-refractivity contribution in [2.45, 2.75) is 39.3 Å². The molecule has 0 saturated carbocycles. The van der Waals surface area contributed by atoms with Crippen molar-refractivity contribution >= 4 is 28.3 Å². The van der Waals surface area contributed by atoms with E-state index in [1.165, 1.54) is 28.0 Å². The van der Waals surface area contributed by atoms with Crippen LogP contribution in [0.4, 0.5) is 0 Å². The lowest BCUT2D eigenvalue weighted by Gasteiger charge is -2.32. The number of carbonyl (C=O) groups is 1. The van der Waals surface area contributed by atoms with E-state index in [2.05, 4.69) is 71.5 Å². The van der Waals surface area contributed by atoms with E-state index in [-0.39, 0.29) is 11.9 Å². The molecule has 2 aromatic carbocycles. The molecule has 3 heterocycles. The number of aromatic amines is 1. The van der Waals surface area contributed by atoms with Crippen molar-refractivity contribution in [3.63, 3.8) is 0 Å². The number of carbonyl (C=O) groups excluding carboxylic acids is 1. The predicted octanol–water partition coefficient (Wildman–Crippen LogP) is 5.30. The minimum Gasteiger partial charge on any atom is -0.349 e. The van der Waals surface area contributed by atoms with Crippen LogP contribution in [-0.2, 0) is 6.54 Å². The van der Waals surface area contributed by atoms with Gasteiger partial charge in [-0.2, -0.15) is 0 Å². The van der Waals surface area contributed by atoms with E-state index in [0.717, 1.165) is 59.1 Å². The van der Waals surface area contributed by atoms with Gasteiger partial charge in [0.05, 0.1) is 20.8 Å². The first-order valence-electron chi connectivity index (χ1n) is 11.2. The first-order valence-corrected chi connectivity index (χ1v) is 12.0. The number of benzene rings is 2. The largest absolute Gasteiger partial charge is 0.349 e. The number of imidazole rings is 1. The first-order chi connectivity index (χ1) is 15.5. The highest BCUT2D eigenvalue weighted by Crippen LogP contribution is 2.29. The van der Waals surface area contributed by atoms with Crippen molar-refractivity contribution in [3.8, 4) is 10.7 Å². The van der Waals surface area contributed by atoms with E-state index in [9.17, 15) is 4.79 Å². The number of amides is 1. The van der Waals surface area contributed by atoms with Crippen molar-refractivity contribution in [2.24, 2.45) is 0 Å². The maximum atomic E-state index is 12.8. The monoisotopic (exact) mass is 444 g/mol. The average molecular weight is 445 g/mol. The number of likely N-dealkylation sites (tertiary alicyclic amines) is 1. The number of piperidine rings is 1. The SMILES string of the molecule is Cc1cc2nc(-c3ccc(C(=O)NC4CCN(Cc5ccccc5)CC4)s3)[nH]c2cc1C. The average Bonchev–Trinajstić information content (AvgIpc) is 3.43. The maximum Gasteiger partial charge on any atom is 0.261 e. The van der Waals surface area contributed by atoms with Crippen molar-refractivity contribution in [1.82, 2.24) is 20.2 Å². The summed E-state index contributed by atoms with van der Waals surface area (Å²) in [5.74, 6) is 0.842. The molecule has 5 nitrogen and oxygen atoms in total. The third-order valence-electron chi connectivity index (χ3n) is 6.33. The molecule has 4 aromatic rings. The highest BCUT2D eigenvalue weighted by molar-refractivity contribution is 7.17. The van der Waals surface area contributed by atoms with Crippen LogP contribution < -0.4 is 5.32 Å². The number of H-pyrrole nitrogens is 1. The van der Waals surface area contributed by atoms with Gasteiger partial charge in [0.25, 0.3) is 5.91 Å². The minimum absolute atomic E-state index is 0.0190. The summed E-state index contributed by atoms with van der Waals surface area (Å²) in [6.45, 7) is 7.20. The summed E-state index contributed by atoms with van der Waals surface area (Å²) >= 11 is 1.49. The lowest BCUT2D eigenvalue weighted by Crippen LogP contribution is -2.44. The number of thiophene rings is 1. The fraction of sp³-hybridized carbons (Fsp3) is 0.308. The molecule has 32 heavy (non-hydrogen) atoms. The number of nitrogens with one attached hydrogen (secondary N) is 2. The van der Waals surface area contributed by atoms with Gasteiger partial charge < -0.3 is 10.3 Å². The lowest BCUT2D eigenvalue weighted by atomic mass is 10.0. The van der Waals surface area contributed by atoms with E-state index in [1.54, 1.807) is 0 Å². The Bertz CT molecular complexity index is 1200. The van der Waals surface area contributed by atoms with E-state index >= 15 is 0 Å². The van der Waals surface area contributed by atoms with Crippen LogP contribution in [0.15, 0.2) is 54.6 Å². The molecule has 0 unspecified atom stereocenters. The Morgan fingerprint density at radius 3 is 2.62 bits per heavy atom. The van der Waals surface area contributed by atoms with Gasteiger partial charge in [0.15, 0.2) is 0 Å². The summed E-state index contributed by atoms with van der Waals surface area (Å²) < 4.78 is 0. The number of hydrogen-bond donors (Lipinski definition) is 2. The van der Waals surface area contributed by atoms with Crippen LogP contribution in [0.2, 0.25) is 0 Å². The van der Waals surface area contributed by atoms with Gasteiger partial charge in [-0.15, -0.1) is 11.3 Å². The zero-order valence-corrected chi connectivity index (χ0v) is 19.3. The molecule has 2 N–H and O–H groups in total. The fourth-order valence-electron chi connectivity index (χ4n) is 4.31. The third-order valence-corrected chi connectivity index (χ3v) is 7.42. The number of rotatable bonds is 5. The van der Waals surface area contributed by atoms with Crippen LogP contribution in [0.5, 0.6) is 0 Å². The van der Waals surface area contributed by atoms with Gasteiger partial charge in [-0.05, 0) is 67.6 Å². The molecule has 1 aliphatic heterocycles. The molecule has 0 spiro atoms. The van der Waals surface area contributed by atoms with Gasteiger partial charge in [0.1, 0.15) is 5.82 Å². The Morgan fingerprint density at radius 2 is 1.84 bits per heavy atom. The topological polar surface area (TPSA) is 61.0 Å². The smallest absolute Gasteiger partial charge is 0.261 e. The third kappa shape index (κ3) is 4.47. The lowest BCUT2D eigenvalue weighted by molar-refractivity contribution is 0.0913. The highest BCUT2D eigenvalue weighted by atomic mass is 32.1. The van der Waals surface area contributed by atoms with Gasteiger partial charge in [-0.25, -0.2) is 4.98 Å². The standard InChI is InChI=1S/C26H28N4OS/c1-17-14-21-22(15-18(17)2)29-25(28-21)23-8-9-24(32-23)26(31)27-20-10-12-30(13-11-20)16-19-6-4-3-5-7-19/h3-9,14-15,20H,10-13,16H2,1-2H3,(H,27,31)(H,28,29). The van der Waals surface area contributed by atoms with E-state index in [4.69, 9.17) is 4.98 Å². The second kappa shape index (κ2) is 8.88. The number of hydrogen-bond acceptors (Lipinski definition) is 4. The number of aryl methyl sites for hydroxylation is 2. The van der Waals surface area contributed by atoms with E-state index in [1.807, 2.05) is 12.1 Å². The fourth-order valence-corrected chi connectivity index (χ4v) is 5.16. The molecule has 1 aliphatic rings. The van der Waals surface area contributed by atoms with Crippen LogP contribution in [-0.4, -0.2) is 39.9 Å². The summed E-state index contributed by atoms with van der Waals surface area (Å²) in [6.07, 6.45) is 1.97. The van der Waals surface area contributed by atoms with Gasteiger partial charge in [-0.3, -0.25) is 9.69 Å². The summed E-state index contributed by atoms with van der Waals surface area (Å²) in [6, 6.07) is 18.9. The molecular formula is C26H28N4OS. The summed E-state index contributed by atoms with van der Waals surface area (Å²) in [7, 11) is 0. The Kier molecular flexibility index (Phi) is 5.81. The van der Waals surface area contributed by atoms with Crippen molar-refractivity contribution < 1.29 is 4.79 Å². The second-order valence-electron chi connectivity index (χ2n) is 8.71. The van der Waals surface area contributed by atoms with Crippen LogP contribution in [0, 0.1) is 13.8 Å². The molecule has 5 rings (SSSR count). The normalized spacial score (nSPS) is 15.3. The molecule has 0 aliphatic carbocycles. The molecule has 1 saturated heterocycles. The number of aromatic nitrogens is 2. The summed E-state index contributed by atoms with van der Waals surface area (Å²) in [4.78, 5) is 25.2. The maximum absolute atomic E-state index is 12.8. The molecular weight excluding hydrogens is 416 g/mol. The van der Waals surface area contributed by atoms with Gasteiger partial charge >= 0.3 is 0 Å². The van der Waals surface area contributed by atoms with Gasteiger partial charge in [-0.1, -0.05) is 30.3 Å². The quantitative estimate of drug-likeness (QED) is 0.439. The van der Waals surface area contributed by atoms with Crippen LogP contribution >= 0.6 is 11.3 Å². The summed E-state index contributed by atoms with van der Waals surface area (Å²) in [5, 5.41) is 3.24. The zero-order valence-electron chi connectivity index (χ0n) is 18.5. The van der Waals surface area contributed by atoms with Crippen LogP contribution in [0.3, 0.4) is 0 Å². The molecule has 1 amide bonds. The van der Waals surface area contributed by atoms with Crippen molar-refractivity contribution in [2.75, 3.05) is 13.1 Å². The second-order valence-corrected chi connectivity index (χ2v) is 9.80. The van der Waals surface area contributed by atoms with E-state index in [0.29, 0.717) is 0 Å². The Labute approximate surface area is 192 Å². The van der Waals surface area contributed by atoms with E-state index < -0.39 is 0 Å². The first kappa shape index (κ1) is 20.9. The number of fused-ring (bicyclic) bond motifs is 1. The van der Waals surface area contributed by atoms with Crippen molar-refractivity contribution in [3.05, 3.63) is 76.2 Å². The molecule has 1 fully saturated rings. The molecule has 0 bridgehead atoms. The highest BCUT2D eigenvalue weighted by Gasteiger charge is 2.22. The number of nitrogens with zero attached hydrogens (tertiary/aromatic N) is 2. The summed E-state index contributed by atoms with van der Waals surface area (Å²) in [5.41, 5.74) is 5.82. The molecule has 164 valence electrons. The Morgan fingerprint density at radius 1 is 1.09 bits per heavy atom. The molecule has 2 aromatic heterocycles. The zero-order chi connectivity index (χ0) is 22.1. The molecule has 0 atom stereocenters. The van der Waals surface area contributed by atoms with Crippen LogP contribution in [0.1, 0.15) is 39.2 Å². The van der Waals surface area contributed by atoms with Gasteiger partial charge in [0, 0.05) is 25.7 Å². The molecule has 0 radical (unpaired) electrons. The van der Waals surface area contributed by atoms with Crippen LogP contribution in [0.25, 0.3) is 21.7 Å². The van der Waals surface area contributed by atoms with Crippen molar-refractivity contribution in [1.29, 1.82) is 0 Å². The molecule has 6 heteroatoms. The minimum atomic E-state index is 0.0190. The predicted molar refractivity (Wildman–Crippen MR) is 131 cm³/mol. The Hall–Kier alpha value is -2.96. The van der Waals surface area contributed by atoms with Gasteiger partial charge in [0.2, 0.25) is 0 Å². The Balaban J connectivity index is 1.19.